The third-order valence-electron chi connectivity index (χ3n) is 7.00. The maximum absolute atomic E-state index is 12.8. The summed E-state index contributed by atoms with van der Waals surface area (Å²) in [6.07, 6.45) is 1.53. The summed E-state index contributed by atoms with van der Waals surface area (Å²) in [6.45, 7) is 0.712. The topological polar surface area (TPSA) is 64.8 Å². The van der Waals surface area contributed by atoms with E-state index in [0.29, 0.717) is 12.3 Å². The number of methoxy groups -OCH3 is 2. The fourth-order valence-electron chi connectivity index (χ4n) is 5.33. The standard InChI is InChI=1S/C30H30N2O3/c1-34-27-18-24-14-15-32(29(30(31)33)22-9-4-3-5-10-22)26(25(24)19-28(27)35-2)17-20-12-13-21-8-6-7-11-23(21)16-20/h3-13,16,18-19,26,29H,14-15,17H2,1-2H3,(H2,31,33). The van der Waals surface area contributed by atoms with Gasteiger partial charge in [0.2, 0.25) is 5.91 Å². The predicted octanol–water partition coefficient (Wildman–Crippen LogP) is 5.23. The molecule has 0 aliphatic carbocycles. The molecule has 0 aromatic heterocycles. The lowest BCUT2D eigenvalue weighted by Crippen LogP contribution is -2.44. The van der Waals surface area contributed by atoms with Crippen molar-refractivity contribution < 1.29 is 14.3 Å². The molecule has 1 heterocycles. The number of nitrogens with two attached hydrogens (primary N) is 1. The Labute approximate surface area is 206 Å². The van der Waals surface area contributed by atoms with Gasteiger partial charge < -0.3 is 15.2 Å². The molecule has 178 valence electrons. The normalized spacial score (nSPS) is 16.5. The van der Waals surface area contributed by atoms with Gasteiger partial charge in [0.05, 0.1) is 14.2 Å². The third kappa shape index (κ3) is 4.47. The molecule has 0 bridgehead atoms. The summed E-state index contributed by atoms with van der Waals surface area (Å²) in [7, 11) is 3.31. The second-order valence-electron chi connectivity index (χ2n) is 9.01. The summed E-state index contributed by atoms with van der Waals surface area (Å²) in [5.41, 5.74) is 10.5. The van der Waals surface area contributed by atoms with E-state index < -0.39 is 6.04 Å². The third-order valence-corrected chi connectivity index (χ3v) is 7.00. The van der Waals surface area contributed by atoms with Crippen LogP contribution in [0.5, 0.6) is 11.5 Å². The van der Waals surface area contributed by atoms with E-state index >= 15 is 0 Å². The molecule has 35 heavy (non-hydrogen) atoms. The van der Waals surface area contributed by atoms with E-state index in [1.54, 1.807) is 14.2 Å². The van der Waals surface area contributed by atoms with Gasteiger partial charge in [-0.25, -0.2) is 0 Å². The largest absolute Gasteiger partial charge is 0.493 e. The predicted molar refractivity (Wildman–Crippen MR) is 139 cm³/mol. The van der Waals surface area contributed by atoms with Crippen LogP contribution in [-0.2, 0) is 17.6 Å². The molecule has 1 amide bonds. The van der Waals surface area contributed by atoms with Crippen LogP contribution in [-0.4, -0.2) is 31.6 Å². The molecule has 0 radical (unpaired) electrons. The summed E-state index contributed by atoms with van der Waals surface area (Å²) in [6, 6.07) is 28.3. The number of rotatable bonds is 7. The zero-order valence-electron chi connectivity index (χ0n) is 20.1. The zero-order valence-corrected chi connectivity index (χ0v) is 20.1. The number of carbonyl (C=O) groups is 1. The van der Waals surface area contributed by atoms with Crippen LogP contribution in [0.1, 0.15) is 34.3 Å². The Morgan fingerprint density at radius 3 is 2.31 bits per heavy atom. The maximum atomic E-state index is 12.8. The summed E-state index contributed by atoms with van der Waals surface area (Å²) in [4.78, 5) is 15.1. The molecule has 2 N–H and O–H groups in total. The van der Waals surface area contributed by atoms with Gasteiger partial charge in [-0.05, 0) is 58.0 Å². The molecule has 5 rings (SSSR count). The summed E-state index contributed by atoms with van der Waals surface area (Å²) in [5.74, 6) is 1.06. The molecule has 4 aromatic rings. The lowest BCUT2D eigenvalue weighted by Gasteiger charge is -2.41. The van der Waals surface area contributed by atoms with E-state index in [2.05, 4.69) is 59.5 Å². The fourth-order valence-corrected chi connectivity index (χ4v) is 5.33. The average molecular weight is 467 g/mol. The van der Waals surface area contributed by atoms with Crippen molar-refractivity contribution in [3.8, 4) is 11.5 Å². The first kappa shape index (κ1) is 22.9. The van der Waals surface area contributed by atoms with Crippen molar-refractivity contribution >= 4 is 16.7 Å². The first-order chi connectivity index (χ1) is 17.1. The Morgan fingerprint density at radius 2 is 1.60 bits per heavy atom. The highest BCUT2D eigenvalue weighted by atomic mass is 16.5. The van der Waals surface area contributed by atoms with Gasteiger partial charge in [0.15, 0.2) is 11.5 Å². The number of fused-ring (bicyclic) bond motifs is 2. The molecule has 0 saturated carbocycles. The summed E-state index contributed by atoms with van der Waals surface area (Å²) < 4.78 is 11.2. The molecule has 0 saturated heterocycles. The van der Waals surface area contributed by atoms with E-state index in [9.17, 15) is 4.79 Å². The Hall–Kier alpha value is -3.83. The van der Waals surface area contributed by atoms with Gasteiger partial charge in [0.1, 0.15) is 6.04 Å². The Balaban J connectivity index is 1.62. The number of primary amides is 1. The number of nitrogens with zero attached hydrogens (tertiary/aromatic N) is 1. The fraction of sp³-hybridized carbons (Fsp3) is 0.233. The van der Waals surface area contributed by atoms with Crippen LogP contribution >= 0.6 is 0 Å². The van der Waals surface area contributed by atoms with E-state index in [4.69, 9.17) is 15.2 Å². The minimum absolute atomic E-state index is 0.0579. The van der Waals surface area contributed by atoms with E-state index in [-0.39, 0.29) is 11.9 Å². The van der Waals surface area contributed by atoms with Crippen molar-refractivity contribution in [2.24, 2.45) is 5.73 Å². The highest BCUT2D eigenvalue weighted by molar-refractivity contribution is 5.83. The molecule has 5 heteroatoms. The molecule has 1 aliphatic rings. The number of benzene rings is 4. The second kappa shape index (κ2) is 9.80. The number of hydrogen-bond donors (Lipinski definition) is 1. The van der Waals surface area contributed by atoms with Crippen molar-refractivity contribution in [2.75, 3.05) is 20.8 Å². The first-order valence-corrected chi connectivity index (χ1v) is 11.9. The van der Waals surface area contributed by atoms with Crippen LogP contribution < -0.4 is 15.2 Å². The van der Waals surface area contributed by atoms with Gasteiger partial charge in [0.25, 0.3) is 0 Å². The van der Waals surface area contributed by atoms with Crippen LogP contribution in [0.2, 0.25) is 0 Å². The molecule has 1 aliphatic heterocycles. The molecule has 0 spiro atoms. The van der Waals surface area contributed by atoms with Crippen molar-refractivity contribution in [1.29, 1.82) is 0 Å². The number of amides is 1. The van der Waals surface area contributed by atoms with Crippen molar-refractivity contribution in [3.05, 3.63) is 107 Å². The second-order valence-corrected chi connectivity index (χ2v) is 9.01. The van der Waals surface area contributed by atoms with Crippen LogP contribution in [0.15, 0.2) is 84.9 Å². The van der Waals surface area contributed by atoms with Crippen LogP contribution in [0, 0.1) is 0 Å². The van der Waals surface area contributed by atoms with Gasteiger partial charge >= 0.3 is 0 Å². The highest BCUT2D eigenvalue weighted by Gasteiger charge is 2.36. The molecular weight excluding hydrogens is 436 g/mol. The quantitative estimate of drug-likeness (QED) is 0.405. The molecule has 2 unspecified atom stereocenters. The Kier molecular flexibility index (Phi) is 6.43. The van der Waals surface area contributed by atoms with Gasteiger partial charge in [-0.1, -0.05) is 72.8 Å². The van der Waals surface area contributed by atoms with Crippen molar-refractivity contribution in [2.45, 2.75) is 24.9 Å². The van der Waals surface area contributed by atoms with Crippen molar-refractivity contribution in [3.63, 3.8) is 0 Å². The summed E-state index contributed by atoms with van der Waals surface area (Å²) in [5, 5.41) is 2.41. The lowest BCUT2D eigenvalue weighted by atomic mass is 9.85. The lowest BCUT2D eigenvalue weighted by molar-refractivity contribution is -0.124. The first-order valence-electron chi connectivity index (χ1n) is 11.9. The minimum atomic E-state index is -0.525. The van der Waals surface area contributed by atoms with Gasteiger partial charge in [-0.2, -0.15) is 0 Å². The molecular formula is C30H30N2O3. The van der Waals surface area contributed by atoms with Crippen LogP contribution in [0.25, 0.3) is 10.8 Å². The zero-order chi connectivity index (χ0) is 24.4. The van der Waals surface area contributed by atoms with E-state index in [1.807, 2.05) is 30.3 Å². The Morgan fingerprint density at radius 1 is 0.914 bits per heavy atom. The number of ether oxygens (including phenoxy) is 2. The van der Waals surface area contributed by atoms with Crippen LogP contribution in [0.3, 0.4) is 0 Å². The SMILES string of the molecule is COc1cc2c(cc1OC)C(Cc1ccc3ccccc3c1)N(C(C(N)=O)c1ccccc1)CC2. The minimum Gasteiger partial charge on any atom is -0.493 e. The smallest absolute Gasteiger partial charge is 0.239 e. The van der Waals surface area contributed by atoms with Gasteiger partial charge in [0, 0.05) is 12.6 Å². The molecule has 2 atom stereocenters. The van der Waals surface area contributed by atoms with Gasteiger partial charge in [-0.15, -0.1) is 0 Å². The van der Waals surface area contributed by atoms with Crippen LogP contribution in [0.4, 0.5) is 0 Å². The molecule has 4 aromatic carbocycles. The molecule has 5 nitrogen and oxygen atoms in total. The monoisotopic (exact) mass is 466 g/mol. The van der Waals surface area contributed by atoms with E-state index in [0.717, 1.165) is 29.7 Å². The number of hydrogen-bond acceptors (Lipinski definition) is 4. The molecule has 0 fully saturated rings. The number of carbonyl (C=O) groups excluding carboxylic acids is 1. The maximum Gasteiger partial charge on any atom is 0.239 e. The average Bonchev–Trinajstić information content (AvgIpc) is 2.89. The Bertz CT molecular complexity index is 1350. The summed E-state index contributed by atoms with van der Waals surface area (Å²) >= 11 is 0. The highest BCUT2D eigenvalue weighted by Crippen LogP contribution is 2.42. The van der Waals surface area contributed by atoms with E-state index in [1.165, 1.54) is 21.9 Å². The van der Waals surface area contributed by atoms with Crippen molar-refractivity contribution in [1.82, 2.24) is 4.90 Å². The van der Waals surface area contributed by atoms with Gasteiger partial charge in [-0.3, -0.25) is 9.69 Å².